The third kappa shape index (κ3) is 4.33. The molecule has 0 unspecified atom stereocenters. The van der Waals surface area contributed by atoms with Crippen LogP contribution in [0, 0.1) is 5.92 Å². The van der Waals surface area contributed by atoms with E-state index >= 15 is 0 Å². The maximum Gasteiger partial charge on any atom is 0.267 e. The van der Waals surface area contributed by atoms with Gasteiger partial charge in [-0.3, -0.25) is 14.5 Å². The average molecular weight is 427 g/mol. The molecule has 1 N–H and O–H groups in total. The molecule has 1 saturated heterocycles. The fourth-order valence-corrected chi connectivity index (χ4v) is 5.42. The summed E-state index contributed by atoms with van der Waals surface area (Å²) >= 11 is 6.44. The Morgan fingerprint density at radius 1 is 1.48 bits per heavy atom. The minimum Gasteiger partial charge on any atom is -0.465 e. The lowest BCUT2D eigenvalue weighted by molar-refractivity contribution is -0.134. The van der Waals surface area contributed by atoms with Gasteiger partial charge in [0.25, 0.3) is 5.91 Å². The average Bonchev–Trinajstić information content (AvgIpc) is 3.25. The molecule has 0 aromatic carbocycles. The number of rotatable bonds is 5. The number of nitrogens with zero attached hydrogens (tertiary/aromatic N) is 1. The molecular formula is C17H18N2O5S3. The minimum absolute atomic E-state index is 0.180. The number of thiocarbonyl (C=S) groups is 1. The van der Waals surface area contributed by atoms with Crippen molar-refractivity contribution in [3.63, 3.8) is 0 Å². The second-order valence-electron chi connectivity index (χ2n) is 6.53. The molecule has 1 fully saturated rings. The maximum absolute atomic E-state index is 12.9. The molecule has 0 radical (unpaired) electrons. The second kappa shape index (κ2) is 7.61. The van der Waals surface area contributed by atoms with Crippen molar-refractivity contribution in [2.24, 2.45) is 5.92 Å². The van der Waals surface area contributed by atoms with Gasteiger partial charge in [-0.1, -0.05) is 37.8 Å². The zero-order chi connectivity index (χ0) is 19.8. The summed E-state index contributed by atoms with van der Waals surface area (Å²) in [6, 6.07) is 1.98. The van der Waals surface area contributed by atoms with Gasteiger partial charge in [0.15, 0.2) is 9.84 Å². The molecule has 2 aliphatic heterocycles. The van der Waals surface area contributed by atoms with Crippen molar-refractivity contribution in [2.75, 3.05) is 5.75 Å². The van der Waals surface area contributed by atoms with Crippen molar-refractivity contribution in [1.29, 1.82) is 0 Å². The zero-order valence-corrected chi connectivity index (χ0v) is 17.1. The molecule has 2 atom stereocenters. The fourth-order valence-electron chi connectivity index (χ4n) is 2.87. The van der Waals surface area contributed by atoms with Crippen molar-refractivity contribution < 1.29 is 22.4 Å². The van der Waals surface area contributed by atoms with E-state index in [9.17, 15) is 18.0 Å². The maximum atomic E-state index is 12.9. The Bertz CT molecular complexity index is 932. The van der Waals surface area contributed by atoms with Crippen LogP contribution in [0.3, 0.4) is 0 Å². The molecule has 3 rings (SSSR count). The van der Waals surface area contributed by atoms with E-state index in [1.807, 2.05) is 0 Å². The van der Waals surface area contributed by atoms with Crippen LogP contribution in [-0.4, -0.2) is 47.3 Å². The first-order valence-electron chi connectivity index (χ1n) is 8.20. The number of amides is 2. The normalized spacial score (nSPS) is 24.2. The summed E-state index contributed by atoms with van der Waals surface area (Å²) in [6.45, 7) is 3.61. The molecule has 0 bridgehead atoms. The highest BCUT2D eigenvalue weighted by Gasteiger charge is 2.42. The van der Waals surface area contributed by atoms with Gasteiger partial charge in [-0.15, -0.1) is 0 Å². The van der Waals surface area contributed by atoms with Crippen molar-refractivity contribution in [3.8, 4) is 0 Å². The van der Waals surface area contributed by atoms with Crippen LogP contribution in [0.1, 0.15) is 19.6 Å². The van der Waals surface area contributed by atoms with Gasteiger partial charge in [-0.25, -0.2) is 8.42 Å². The summed E-state index contributed by atoms with van der Waals surface area (Å²) < 4.78 is 28.6. The van der Waals surface area contributed by atoms with E-state index in [-0.39, 0.29) is 21.9 Å². The second-order valence-corrected chi connectivity index (χ2v) is 10.1. The van der Waals surface area contributed by atoms with Crippen LogP contribution < -0.4 is 5.32 Å². The molecule has 0 spiro atoms. The Labute approximate surface area is 166 Å². The number of furan rings is 1. The van der Waals surface area contributed by atoms with Crippen molar-refractivity contribution in [2.45, 2.75) is 25.9 Å². The number of carbonyl (C=O) groups is 2. The number of hydrogen-bond donors (Lipinski definition) is 1. The van der Waals surface area contributed by atoms with Crippen LogP contribution in [0.4, 0.5) is 0 Å². The topological polar surface area (TPSA) is 96.7 Å². The monoisotopic (exact) mass is 426 g/mol. The highest BCUT2D eigenvalue weighted by atomic mass is 32.2. The number of thioether (sulfide) groups is 1. The van der Waals surface area contributed by atoms with Crippen molar-refractivity contribution in [3.05, 3.63) is 40.5 Å². The molecule has 0 saturated carbocycles. The van der Waals surface area contributed by atoms with Crippen LogP contribution in [0.2, 0.25) is 0 Å². The van der Waals surface area contributed by atoms with Gasteiger partial charge in [0.05, 0.1) is 23.0 Å². The third-order valence-corrected chi connectivity index (χ3v) is 6.80. The largest absolute Gasteiger partial charge is 0.465 e. The van der Waals surface area contributed by atoms with Crippen LogP contribution in [0.25, 0.3) is 6.08 Å². The predicted octanol–water partition coefficient (Wildman–Crippen LogP) is 1.93. The molecule has 144 valence electrons. The van der Waals surface area contributed by atoms with E-state index in [0.717, 1.165) is 17.2 Å². The molecule has 7 nitrogen and oxygen atoms in total. The quantitative estimate of drug-likeness (QED) is 0.568. The molecule has 27 heavy (non-hydrogen) atoms. The van der Waals surface area contributed by atoms with Crippen molar-refractivity contribution >= 4 is 56.0 Å². The van der Waals surface area contributed by atoms with Gasteiger partial charge in [0.2, 0.25) is 5.91 Å². The molecule has 1 aromatic rings. The van der Waals surface area contributed by atoms with E-state index < -0.39 is 27.8 Å². The van der Waals surface area contributed by atoms with Gasteiger partial charge in [-0.2, -0.15) is 0 Å². The van der Waals surface area contributed by atoms with E-state index in [1.165, 1.54) is 17.2 Å². The first-order valence-corrected chi connectivity index (χ1v) is 11.1. The Kier molecular flexibility index (Phi) is 5.59. The van der Waals surface area contributed by atoms with E-state index in [2.05, 4.69) is 5.32 Å². The highest BCUT2D eigenvalue weighted by Crippen LogP contribution is 2.35. The molecule has 1 aromatic heterocycles. The lowest BCUT2D eigenvalue weighted by Gasteiger charge is -2.29. The number of sulfone groups is 1. The first-order chi connectivity index (χ1) is 12.7. The Balaban J connectivity index is 1.80. The predicted molar refractivity (Wildman–Crippen MR) is 107 cm³/mol. The lowest BCUT2D eigenvalue weighted by atomic mass is 10.0. The molecule has 2 aliphatic rings. The summed E-state index contributed by atoms with van der Waals surface area (Å²) in [5.41, 5.74) is 0. The summed E-state index contributed by atoms with van der Waals surface area (Å²) in [5.74, 6) is -0.697. The summed E-state index contributed by atoms with van der Waals surface area (Å²) in [6.07, 6.45) is 4.52. The first kappa shape index (κ1) is 19.8. The lowest BCUT2D eigenvalue weighted by Crippen LogP contribution is -2.53. The summed E-state index contributed by atoms with van der Waals surface area (Å²) in [4.78, 5) is 27.3. The summed E-state index contributed by atoms with van der Waals surface area (Å²) in [7, 11) is -3.29. The molecule has 10 heteroatoms. The van der Waals surface area contributed by atoms with Gasteiger partial charge in [0.1, 0.15) is 16.1 Å². The van der Waals surface area contributed by atoms with Crippen molar-refractivity contribution in [1.82, 2.24) is 10.2 Å². The van der Waals surface area contributed by atoms with Gasteiger partial charge in [0, 0.05) is 11.5 Å². The highest BCUT2D eigenvalue weighted by molar-refractivity contribution is 8.26. The van der Waals surface area contributed by atoms with Crippen LogP contribution >= 0.6 is 24.0 Å². The zero-order valence-electron chi connectivity index (χ0n) is 14.6. The van der Waals surface area contributed by atoms with Crippen LogP contribution in [0.15, 0.2) is 39.2 Å². The number of carbonyl (C=O) groups excluding carboxylic acids is 2. The third-order valence-electron chi connectivity index (χ3n) is 4.08. The SMILES string of the molecule is CC(C)[C@@H](C(=O)N[C@H]1C=CS(=O)(=O)C1)N1C(=O)/C(=C/c2ccco2)SC1=S. The summed E-state index contributed by atoms with van der Waals surface area (Å²) in [5, 5.41) is 3.78. The standard InChI is InChI=1S/C17H18N2O5S3/c1-10(2)14(15(20)18-11-5-7-27(22,23)9-11)19-16(21)13(26-17(19)25)8-12-4-3-6-24-12/h3-8,10-11,14H,9H2,1-2H3,(H,18,20)/b13-8-/t11-,14-/m0/s1. The number of nitrogens with one attached hydrogen (secondary N) is 1. The Morgan fingerprint density at radius 3 is 2.78 bits per heavy atom. The Hall–Kier alpha value is -1.91. The minimum atomic E-state index is -3.29. The van der Waals surface area contributed by atoms with E-state index in [4.69, 9.17) is 16.6 Å². The van der Waals surface area contributed by atoms with Gasteiger partial charge >= 0.3 is 0 Å². The molecular weight excluding hydrogens is 408 g/mol. The van der Waals surface area contributed by atoms with Gasteiger partial charge in [-0.05, 0) is 24.1 Å². The fraction of sp³-hybridized carbons (Fsp3) is 0.353. The molecule has 3 heterocycles. The Morgan fingerprint density at radius 2 is 2.22 bits per heavy atom. The van der Waals surface area contributed by atoms with E-state index in [0.29, 0.717) is 10.7 Å². The van der Waals surface area contributed by atoms with Crippen LogP contribution in [-0.2, 0) is 19.4 Å². The van der Waals surface area contributed by atoms with E-state index in [1.54, 1.807) is 32.1 Å². The van der Waals surface area contributed by atoms with Gasteiger partial charge < -0.3 is 9.73 Å². The number of hydrogen-bond acceptors (Lipinski definition) is 7. The molecule has 2 amide bonds. The molecule has 0 aliphatic carbocycles. The smallest absolute Gasteiger partial charge is 0.267 e. The van der Waals surface area contributed by atoms with Crippen LogP contribution in [0.5, 0.6) is 0 Å².